The zero-order valence-corrected chi connectivity index (χ0v) is 12.5. The van der Waals surface area contributed by atoms with Crippen LogP contribution < -0.4 is 5.32 Å². The second-order valence-electron chi connectivity index (χ2n) is 5.10. The highest BCUT2D eigenvalue weighted by Crippen LogP contribution is 2.14. The van der Waals surface area contributed by atoms with Crippen molar-refractivity contribution in [3.8, 4) is 0 Å². The minimum Gasteiger partial charge on any atom is -0.351 e. The largest absolute Gasteiger partial charge is 0.351 e. The van der Waals surface area contributed by atoms with E-state index in [2.05, 4.69) is 35.1 Å². The summed E-state index contributed by atoms with van der Waals surface area (Å²) in [6.07, 6.45) is 5.15. The van der Waals surface area contributed by atoms with Gasteiger partial charge in [0.15, 0.2) is 0 Å². The van der Waals surface area contributed by atoms with Gasteiger partial charge in [-0.1, -0.05) is 0 Å². The molecule has 1 aromatic heterocycles. The molecule has 0 saturated carbocycles. The average Bonchev–Trinajstić information content (AvgIpc) is 2.83. The molecule has 1 aliphatic heterocycles. The van der Waals surface area contributed by atoms with Gasteiger partial charge in [-0.15, -0.1) is 0 Å². The molecule has 6 heteroatoms. The molecule has 1 N–H and O–H groups in total. The molecule has 2 heterocycles. The first kappa shape index (κ1) is 14.6. The molecule has 0 atom stereocenters. The SMILES string of the molecule is CCn1cccc1CNC1CCN(S(C)(=O)=O)CC1. The second kappa shape index (κ2) is 6.07. The zero-order chi connectivity index (χ0) is 13.9. The summed E-state index contributed by atoms with van der Waals surface area (Å²) in [6, 6.07) is 4.60. The lowest BCUT2D eigenvalue weighted by atomic mass is 10.1. The van der Waals surface area contributed by atoms with E-state index < -0.39 is 10.0 Å². The first-order valence-corrected chi connectivity index (χ1v) is 8.68. The third kappa shape index (κ3) is 3.81. The Morgan fingerprint density at radius 2 is 2.05 bits per heavy atom. The minimum atomic E-state index is -3.02. The maximum atomic E-state index is 11.4. The van der Waals surface area contributed by atoms with Crippen LogP contribution in [0.4, 0.5) is 0 Å². The molecule has 0 radical (unpaired) electrons. The number of rotatable bonds is 5. The van der Waals surface area contributed by atoms with Gasteiger partial charge in [-0.25, -0.2) is 12.7 Å². The van der Waals surface area contributed by atoms with Crippen LogP contribution in [0.1, 0.15) is 25.5 Å². The number of sulfonamides is 1. The van der Waals surface area contributed by atoms with Crippen LogP contribution in [0.25, 0.3) is 0 Å². The molecule has 0 bridgehead atoms. The van der Waals surface area contributed by atoms with Crippen molar-refractivity contribution in [1.29, 1.82) is 0 Å². The predicted octanol–water partition coefficient (Wildman–Crippen LogP) is 1.02. The first-order valence-electron chi connectivity index (χ1n) is 6.83. The lowest BCUT2D eigenvalue weighted by Crippen LogP contribution is -2.44. The molecule has 0 aliphatic carbocycles. The molecular formula is C13H23N3O2S. The fraction of sp³-hybridized carbons (Fsp3) is 0.692. The summed E-state index contributed by atoms with van der Waals surface area (Å²) in [5, 5.41) is 3.53. The molecule has 2 rings (SSSR count). The Balaban J connectivity index is 1.80. The molecule has 0 unspecified atom stereocenters. The number of hydrogen-bond acceptors (Lipinski definition) is 3. The number of aryl methyl sites for hydroxylation is 1. The summed E-state index contributed by atoms with van der Waals surface area (Å²) in [5.41, 5.74) is 1.29. The van der Waals surface area contributed by atoms with Crippen LogP contribution in [0.3, 0.4) is 0 Å². The molecule has 0 spiro atoms. The highest BCUT2D eigenvalue weighted by atomic mass is 32.2. The van der Waals surface area contributed by atoms with E-state index in [4.69, 9.17) is 0 Å². The van der Waals surface area contributed by atoms with Crippen LogP contribution >= 0.6 is 0 Å². The van der Waals surface area contributed by atoms with Crippen molar-refractivity contribution < 1.29 is 8.42 Å². The number of nitrogens with zero attached hydrogens (tertiary/aromatic N) is 2. The van der Waals surface area contributed by atoms with E-state index in [0.29, 0.717) is 19.1 Å². The normalized spacial score (nSPS) is 18.8. The third-order valence-electron chi connectivity index (χ3n) is 3.76. The van der Waals surface area contributed by atoms with Crippen molar-refractivity contribution in [1.82, 2.24) is 14.2 Å². The van der Waals surface area contributed by atoms with Gasteiger partial charge in [0, 0.05) is 44.1 Å². The quantitative estimate of drug-likeness (QED) is 0.879. The number of aromatic nitrogens is 1. The first-order chi connectivity index (χ1) is 9.00. The Labute approximate surface area is 115 Å². The van der Waals surface area contributed by atoms with E-state index in [9.17, 15) is 8.42 Å². The molecule has 19 heavy (non-hydrogen) atoms. The van der Waals surface area contributed by atoms with E-state index in [1.807, 2.05) is 0 Å². The number of piperidine rings is 1. The highest BCUT2D eigenvalue weighted by molar-refractivity contribution is 7.88. The molecule has 0 amide bonds. The van der Waals surface area contributed by atoms with Crippen molar-refractivity contribution >= 4 is 10.0 Å². The zero-order valence-electron chi connectivity index (χ0n) is 11.7. The molecule has 1 aromatic rings. The van der Waals surface area contributed by atoms with Crippen LogP contribution in [-0.4, -0.2) is 42.7 Å². The average molecular weight is 285 g/mol. The second-order valence-corrected chi connectivity index (χ2v) is 7.09. The molecule has 1 saturated heterocycles. The van der Waals surface area contributed by atoms with Gasteiger partial charge in [0.25, 0.3) is 0 Å². The Hall–Kier alpha value is -0.850. The van der Waals surface area contributed by atoms with Gasteiger partial charge in [-0.2, -0.15) is 0 Å². The Morgan fingerprint density at radius 3 is 2.63 bits per heavy atom. The van der Waals surface area contributed by atoms with E-state index >= 15 is 0 Å². The lowest BCUT2D eigenvalue weighted by Gasteiger charge is -2.30. The van der Waals surface area contributed by atoms with Gasteiger partial charge in [0.05, 0.1) is 6.26 Å². The maximum Gasteiger partial charge on any atom is 0.211 e. The van der Waals surface area contributed by atoms with Crippen LogP contribution in [0, 0.1) is 0 Å². The smallest absolute Gasteiger partial charge is 0.211 e. The van der Waals surface area contributed by atoms with Crippen molar-refractivity contribution in [3.63, 3.8) is 0 Å². The van der Waals surface area contributed by atoms with E-state index in [1.54, 1.807) is 4.31 Å². The Kier molecular flexibility index (Phi) is 4.65. The summed E-state index contributed by atoms with van der Waals surface area (Å²) in [4.78, 5) is 0. The standard InChI is InChI=1S/C13H23N3O2S/c1-3-15-8-4-5-13(15)11-14-12-6-9-16(10-7-12)19(2,17)18/h4-5,8,12,14H,3,6-7,9-11H2,1-2H3. The monoisotopic (exact) mass is 285 g/mol. The third-order valence-corrected chi connectivity index (χ3v) is 5.06. The lowest BCUT2D eigenvalue weighted by molar-refractivity contribution is 0.289. The topological polar surface area (TPSA) is 54.3 Å². The van der Waals surface area contributed by atoms with Crippen LogP contribution in [0.2, 0.25) is 0 Å². The van der Waals surface area contributed by atoms with Crippen LogP contribution in [0.15, 0.2) is 18.3 Å². The fourth-order valence-electron chi connectivity index (χ4n) is 2.56. The molecule has 1 aliphatic rings. The molecule has 108 valence electrons. The van der Waals surface area contributed by atoms with Crippen LogP contribution in [0.5, 0.6) is 0 Å². The Bertz CT molecular complexity index is 502. The van der Waals surface area contributed by atoms with E-state index in [0.717, 1.165) is 25.9 Å². The van der Waals surface area contributed by atoms with Gasteiger partial charge in [-0.05, 0) is 31.9 Å². The van der Waals surface area contributed by atoms with E-state index in [1.165, 1.54) is 11.9 Å². The highest BCUT2D eigenvalue weighted by Gasteiger charge is 2.24. The summed E-state index contributed by atoms with van der Waals surface area (Å²) >= 11 is 0. The molecule has 0 aromatic carbocycles. The maximum absolute atomic E-state index is 11.4. The minimum absolute atomic E-state index is 0.415. The fourth-order valence-corrected chi connectivity index (χ4v) is 3.43. The molecule has 1 fully saturated rings. The summed E-state index contributed by atoms with van der Waals surface area (Å²) in [5.74, 6) is 0. The van der Waals surface area contributed by atoms with Crippen molar-refractivity contribution in [2.45, 2.75) is 38.9 Å². The predicted molar refractivity (Wildman–Crippen MR) is 76.4 cm³/mol. The van der Waals surface area contributed by atoms with Crippen molar-refractivity contribution in [2.75, 3.05) is 19.3 Å². The summed E-state index contributed by atoms with van der Waals surface area (Å²) < 4.78 is 26.6. The van der Waals surface area contributed by atoms with E-state index in [-0.39, 0.29) is 0 Å². The molecular weight excluding hydrogens is 262 g/mol. The van der Waals surface area contributed by atoms with Gasteiger partial charge >= 0.3 is 0 Å². The number of hydrogen-bond donors (Lipinski definition) is 1. The van der Waals surface area contributed by atoms with Crippen LogP contribution in [-0.2, 0) is 23.1 Å². The van der Waals surface area contributed by atoms with Gasteiger partial charge in [0.1, 0.15) is 0 Å². The number of nitrogens with one attached hydrogen (secondary N) is 1. The van der Waals surface area contributed by atoms with Gasteiger partial charge in [0.2, 0.25) is 10.0 Å². The van der Waals surface area contributed by atoms with Crippen molar-refractivity contribution in [2.24, 2.45) is 0 Å². The van der Waals surface area contributed by atoms with Crippen molar-refractivity contribution in [3.05, 3.63) is 24.0 Å². The molecule has 5 nitrogen and oxygen atoms in total. The summed E-state index contributed by atoms with van der Waals surface area (Å²) in [6.45, 7) is 5.23. The summed E-state index contributed by atoms with van der Waals surface area (Å²) in [7, 11) is -3.02. The van der Waals surface area contributed by atoms with Gasteiger partial charge in [-0.3, -0.25) is 0 Å². The Morgan fingerprint density at radius 1 is 1.37 bits per heavy atom. The van der Waals surface area contributed by atoms with Gasteiger partial charge < -0.3 is 9.88 Å².